The molecule has 1 atom stereocenters. The number of nitrogens with zero attached hydrogens (tertiary/aromatic N) is 2. The molecule has 5 heteroatoms. The van der Waals surface area contributed by atoms with Crippen LogP contribution in [0.15, 0.2) is 4.42 Å². The van der Waals surface area contributed by atoms with Gasteiger partial charge in [-0.25, -0.2) is 0 Å². The van der Waals surface area contributed by atoms with E-state index in [1.165, 1.54) is 19.3 Å². The molecule has 0 aliphatic heterocycles. The third kappa shape index (κ3) is 2.98. The highest BCUT2D eigenvalue weighted by atomic mass is 32.2. The Hall–Kier alpha value is -0.550. The van der Waals surface area contributed by atoms with E-state index in [0.29, 0.717) is 11.8 Å². The van der Waals surface area contributed by atoms with Gasteiger partial charge in [0.2, 0.25) is 11.8 Å². The van der Waals surface area contributed by atoms with Crippen molar-refractivity contribution in [1.29, 1.82) is 0 Å². The van der Waals surface area contributed by atoms with Crippen LogP contribution >= 0.6 is 11.8 Å². The van der Waals surface area contributed by atoms with Gasteiger partial charge in [0.1, 0.15) is 0 Å². The van der Waals surface area contributed by atoms with Crippen LogP contribution in [0.1, 0.15) is 43.9 Å². The summed E-state index contributed by atoms with van der Waals surface area (Å²) < 4.78 is 5.60. The maximum atomic E-state index is 8.88. The van der Waals surface area contributed by atoms with Crippen LogP contribution in [0.3, 0.4) is 0 Å². The molecule has 0 aromatic carbocycles. The largest absolute Gasteiger partial charge is 0.424 e. The van der Waals surface area contributed by atoms with E-state index < -0.39 is 0 Å². The molecule has 1 aliphatic carbocycles. The monoisotopic (exact) mass is 242 g/mol. The highest BCUT2D eigenvalue weighted by molar-refractivity contribution is 7.98. The number of thioether (sulfide) groups is 1. The Morgan fingerprint density at radius 3 is 2.94 bits per heavy atom. The average Bonchev–Trinajstić information content (AvgIpc) is 2.63. The van der Waals surface area contributed by atoms with Gasteiger partial charge in [-0.2, -0.15) is 11.8 Å². The van der Waals surface area contributed by atoms with E-state index in [1.807, 2.05) is 6.92 Å². The first-order chi connectivity index (χ1) is 7.79. The molecule has 2 rings (SSSR count). The quantitative estimate of drug-likeness (QED) is 0.828. The molecule has 16 heavy (non-hydrogen) atoms. The van der Waals surface area contributed by atoms with Gasteiger partial charge in [-0.15, -0.1) is 10.2 Å². The summed E-state index contributed by atoms with van der Waals surface area (Å²) >= 11 is 1.73. The van der Waals surface area contributed by atoms with E-state index in [-0.39, 0.29) is 6.61 Å². The third-order valence-corrected chi connectivity index (χ3v) is 4.13. The Morgan fingerprint density at radius 1 is 1.50 bits per heavy atom. The highest BCUT2D eigenvalue weighted by Gasteiger charge is 2.24. The second kappa shape index (κ2) is 5.68. The molecule has 0 amide bonds. The third-order valence-electron chi connectivity index (χ3n) is 2.88. The summed E-state index contributed by atoms with van der Waals surface area (Å²) in [6.45, 7) is 2.27. The van der Waals surface area contributed by atoms with Crippen molar-refractivity contribution in [3.63, 3.8) is 0 Å². The zero-order valence-electron chi connectivity index (χ0n) is 9.56. The Labute approximate surface area is 99.8 Å². The fourth-order valence-electron chi connectivity index (χ4n) is 1.55. The minimum atomic E-state index is 0.240. The average molecular weight is 242 g/mol. The lowest BCUT2D eigenvalue weighted by Crippen LogP contribution is -2.08. The van der Waals surface area contributed by atoms with E-state index in [0.717, 1.165) is 23.3 Å². The summed E-state index contributed by atoms with van der Waals surface area (Å²) in [6, 6.07) is 0. The highest BCUT2D eigenvalue weighted by Crippen LogP contribution is 2.35. The SMILES string of the molecule is CC(CO)CSCc1nnc(C2CCC2)o1. The summed E-state index contributed by atoms with van der Waals surface area (Å²) in [5.74, 6) is 4.07. The van der Waals surface area contributed by atoms with E-state index in [1.54, 1.807) is 11.8 Å². The van der Waals surface area contributed by atoms with Crippen molar-refractivity contribution in [2.45, 2.75) is 37.9 Å². The van der Waals surface area contributed by atoms with Crippen molar-refractivity contribution in [3.05, 3.63) is 11.8 Å². The van der Waals surface area contributed by atoms with Gasteiger partial charge in [-0.3, -0.25) is 0 Å². The van der Waals surface area contributed by atoms with Crippen LogP contribution in [0.5, 0.6) is 0 Å². The lowest BCUT2D eigenvalue weighted by atomic mass is 9.85. The summed E-state index contributed by atoms with van der Waals surface area (Å²) in [7, 11) is 0. The lowest BCUT2D eigenvalue weighted by molar-refractivity contribution is 0.250. The van der Waals surface area contributed by atoms with Crippen molar-refractivity contribution in [1.82, 2.24) is 10.2 Å². The van der Waals surface area contributed by atoms with Gasteiger partial charge in [0.05, 0.1) is 5.75 Å². The zero-order valence-corrected chi connectivity index (χ0v) is 10.4. The summed E-state index contributed by atoms with van der Waals surface area (Å²) in [6.07, 6.45) is 3.66. The molecular weight excluding hydrogens is 224 g/mol. The predicted molar refractivity (Wildman–Crippen MR) is 63.3 cm³/mol. The van der Waals surface area contributed by atoms with Gasteiger partial charge in [0, 0.05) is 12.5 Å². The number of rotatable bonds is 6. The number of aliphatic hydroxyl groups is 1. The van der Waals surface area contributed by atoms with Crippen LogP contribution in [-0.2, 0) is 5.75 Å². The second-order valence-electron chi connectivity index (χ2n) is 4.46. The fourth-order valence-corrected chi connectivity index (χ4v) is 2.46. The molecule has 1 unspecified atom stereocenters. The normalized spacial score (nSPS) is 18.4. The van der Waals surface area contributed by atoms with Gasteiger partial charge < -0.3 is 9.52 Å². The standard InChI is InChI=1S/C11H18N2O2S/c1-8(5-14)6-16-7-10-12-13-11(15-10)9-3-2-4-9/h8-9,14H,2-7H2,1H3. The Bertz CT molecular complexity index is 326. The van der Waals surface area contributed by atoms with E-state index in [2.05, 4.69) is 10.2 Å². The van der Waals surface area contributed by atoms with Gasteiger partial charge in [0.15, 0.2) is 0 Å². The minimum Gasteiger partial charge on any atom is -0.424 e. The zero-order chi connectivity index (χ0) is 11.4. The number of hydrogen-bond donors (Lipinski definition) is 1. The number of aliphatic hydroxyl groups excluding tert-OH is 1. The first-order valence-corrected chi connectivity index (χ1v) is 6.96. The second-order valence-corrected chi connectivity index (χ2v) is 5.49. The molecule has 0 radical (unpaired) electrons. The number of aromatic nitrogens is 2. The van der Waals surface area contributed by atoms with Crippen molar-refractivity contribution in [3.8, 4) is 0 Å². The molecule has 0 spiro atoms. The summed E-state index contributed by atoms with van der Waals surface area (Å²) in [4.78, 5) is 0. The molecule has 1 saturated carbocycles. The smallest absolute Gasteiger partial charge is 0.226 e. The van der Waals surface area contributed by atoms with Crippen LogP contribution in [0.4, 0.5) is 0 Å². The number of hydrogen-bond acceptors (Lipinski definition) is 5. The van der Waals surface area contributed by atoms with E-state index >= 15 is 0 Å². The van der Waals surface area contributed by atoms with E-state index in [4.69, 9.17) is 9.52 Å². The maximum Gasteiger partial charge on any atom is 0.226 e. The van der Waals surface area contributed by atoms with Crippen LogP contribution < -0.4 is 0 Å². The topological polar surface area (TPSA) is 59.2 Å². The molecule has 1 fully saturated rings. The summed E-state index contributed by atoms with van der Waals surface area (Å²) in [5, 5.41) is 17.0. The molecule has 90 valence electrons. The van der Waals surface area contributed by atoms with Gasteiger partial charge >= 0.3 is 0 Å². The maximum absolute atomic E-state index is 8.88. The minimum absolute atomic E-state index is 0.240. The van der Waals surface area contributed by atoms with Crippen LogP contribution in [0.25, 0.3) is 0 Å². The first-order valence-electron chi connectivity index (χ1n) is 5.80. The molecular formula is C11H18N2O2S. The van der Waals surface area contributed by atoms with Crippen LogP contribution in [0, 0.1) is 5.92 Å². The van der Waals surface area contributed by atoms with Crippen molar-refractivity contribution in [2.75, 3.05) is 12.4 Å². The fraction of sp³-hybridized carbons (Fsp3) is 0.818. The molecule has 4 nitrogen and oxygen atoms in total. The molecule has 0 bridgehead atoms. The molecule has 1 aliphatic rings. The van der Waals surface area contributed by atoms with Crippen LogP contribution in [0.2, 0.25) is 0 Å². The van der Waals surface area contributed by atoms with Gasteiger partial charge in [0.25, 0.3) is 0 Å². The molecule has 1 N–H and O–H groups in total. The van der Waals surface area contributed by atoms with Crippen molar-refractivity contribution >= 4 is 11.8 Å². The van der Waals surface area contributed by atoms with Crippen molar-refractivity contribution in [2.24, 2.45) is 5.92 Å². The van der Waals surface area contributed by atoms with E-state index in [9.17, 15) is 0 Å². The molecule has 1 aromatic rings. The van der Waals surface area contributed by atoms with Gasteiger partial charge in [-0.05, 0) is 24.5 Å². The van der Waals surface area contributed by atoms with Crippen molar-refractivity contribution < 1.29 is 9.52 Å². The molecule has 1 aromatic heterocycles. The Balaban J connectivity index is 1.74. The Morgan fingerprint density at radius 2 is 2.31 bits per heavy atom. The summed E-state index contributed by atoms with van der Waals surface area (Å²) in [5.41, 5.74) is 0. The molecule has 1 heterocycles. The van der Waals surface area contributed by atoms with Gasteiger partial charge in [-0.1, -0.05) is 13.3 Å². The Kier molecular flexibility index (Phi) is 4.23. The molecule has 0 saturated heterocycles. The van der Waals surface area contributed by atoms with Crippen LogP contribution in [-0.4, -0.2) is 27.7 Å². The lowest BCUT2D eigenvalue weighted by Gasteiger charge is -2.20. The first kappa shape index (κ1) is 11.9. The predicted octanol–water partition coefficient (Wildman–Crippen LogP) is 2.20.